The Morgan fingerprint density at radius 1 is 1.25 bits per heavy atom. The van der Waals surface area contributed by atoms with Gasteiger partial charge in [0.2, 0.25) is 10.0 Å². The first-order valence-electron chi connectivity index (χ1n) is 9.58. The smallest absolute Gasteiger partial charge is 0.349 e. The van der Waals surface area contributed by atoms with Crippen LogP contribution in [0.4, 0.5) is 5.69 Å². The summed E-state index contributed by atoms with van der Waals surface area (Å²) in [6, 6.07) is 7.69. The molecule has 0 aliphatic carbocycles. The van der Waals surface area contributed by atoms with Crippen molar-refractivity contribution < 1.29 is 18.3 Å². The van der Waals surface area contributed by atoms with Gasteiger partial charge >= 0.3 is 5.97 Å². The molecular weight excluding hydrogens is 454 g/mol. The second-order valence-corrected chi connectivity index (χ2v) is 10.1. The summed E-state index contributed by atoms with van der Waals surface area (Å²) in [4.78, 5) is 25.9. The summed E-state index contributed by atoms with van der Waals surface area (Å²) in [6.45, 7) is 2.84. The Kier molecular flexibility index (Phi) is 8.34. The summed E-state index contributed by atoms with van der Waals surface area (Å²) < 4.78 is 28.1. The monoisotopic (exact) mass is 479 g/mol. The Morgan fingerprint density at radius 2 is 1.88 bits per heavy atom. The normalized spacial score (nSPS) is 13.3. The molecule has 0 unspecified atom stereocenters. The highest BCUT2D eigenvalue weighted by atomic mass is 32.2. The molecule has 0 bridgehead atoms. The summed E-state index contributed by atoms with van der Waals surface area (Å²) in [5.41, 5.74) is -0.378. The topological polar surface area (TPSA) is 136 Å². The quantitative estimate of drug-likeness (QED) is 0.501. The first-order valence-corrected chi connectivity index (χ1v) is 11.8. The molecule has 32 heavy (non-hydrogen) atoms. The molecule has 0 atom stereocenters. The van der Waals surface area contributed by atoms with E-state index >= 15 is 0 Å². The van der Waals surface area contributed by atoms with Gasteiger partial charge in [0, 0.05) is 38.6 Å². The van der Waals surface area contributed by atoms with Gasteiger partial charge in [0.05, 0.1) is 4.90 Å². The predicted molar refractivity (Wildman–Crippen MR) is 123 cm³/mol. The first-order chi connectivity index (χ1) is 15.0. The zero-order valence-electron chi connectivity index (χ0n) is 18.2. The van der Waals surface area contributed by atoms with E-state index in [4.69, 9.17) is 5.26 Å². The summed E-state index contributed by atoms with van der Waals surface area (Å²) in [7, 11) is 1.63. The lowest BCUT2D eigenvalue weighted by Crippen LogP contribution is -2.33. The zero-order valence-corrected chi connectivity index (χ0v) is 19.8. The molecule has 2 N–H and O–H groups in total. The highest BCUT2D eigenvalue weighted by molar-refractivity contribution is 7.89. The summed E-state index contributed by atoms with van der Waals surface area (Å²) >= 11 is 0.896. The molecule has 2 aromatic rings. The number of carboxylic acid groups (broad SMARTS) is 1. The molecule has 0 saturated heterocycles. The van der Waals surface area contributed by atoms with Crippen molar-refractivity contribution in [2.45, 2.75) is 18.4 Å². The first kappa shape index (κ1) is 25.3. The van der Waals surface area contributed by atoms with Gasteiger partial charge in [0.1, 0.15) is 15.3 Å². The van der Waals surface area contributed by atoms with Crippen molar-refractivity contribution in [3.63, 3.8) is 0 Å². The van der Waals surface area contributed by atoms with Crippen LogP contribution >= 0.6 is 11.3 Å². The number of carboxylic acids is 1. The lowest BCUT2D eigenvalue weighted by atomic mass is 10.3. The van der Waals surface area contributed by atoms with Crippen LogP contribution in [0.1, 0.15) is 6.92 Å². The Hall–Kier alpha value is -2.98. The number of aliphatic carboxylic acids is 1. The zero-order chi connectivity index (χ0) is 24.1. The number of carbonyl (C=O) groups is 1. The average molecular weight is 480 g/mol. The maximum absolute atomic E-state index is 12.7. The molecule has 2 rings (SSSR count). The van der Waals surface area contributed by atoms with Gasteiger partial charge in [-0.3, -0.25) is 9.36 Å². The van der Waals surface area contributed by atoms with Crippen molar-refractivity contribution in [2.75, 3.05) is 39.5 Å². The molecular formula is C20H25N5O5S2. The van der Waals surface area contributed by atoms with Crippen molar-refractivity contribution >= 4 is 44.8 Å². The van der Waals surface area contributed by atoms with Crippen LogP contribution < -0.4 is 20.1 Å². The minimum Gasteiger partial charge on any atom is -0.477 e. The van der Waals surface area contributed by atoms with Gasteiger partial charge in [-0.15, -0.1) is 11.3 Å². The maximum Gasteiger partial charge on any atom is 0.349 e. The molecule has 12 heteroatoms. The van der Waals surface area contributed by atoms with Gasteiger partial charge in [-0.05, 0) is 45.3 Å². The second-order valence-electron chi connectivity index (χ2n) is 7.06. The molecule has 0 radical (unpaired) electrons. The average Bonchev–Trinajstić information content (AvgIpc) is 3.05. The number of hydrogen-bond acceptors (Lipinski definition) is 8. The third-order valence-corrected chi connectivity index (χ3v) is 7.56. The molecule has 0 amide bonds. The van der Waals surface area contributed by atoms with Gasteiger partial charge in [-0.25, -0.2) is 13.2 Å². The summed E-state index contributed by atoms with van der Waals surface area (Å²) in [5.74, 6) is -1.40. The second kappa shape index (κ2) is 10.6. The van der Waals surface area contributed by atoms with Crippen LogP contribution in [-0.4, -0.2) is 67.5 Å². The lowest BCUT2D eigenvalue weighted by Gasteiger charge is -2.19. The SMILES string of the molecule is CCn1c(=C(C#N)C(=O)O)sc(=CNc2ccc(S(=O)(=O)N(C)CCN(C)C)cc2)c1=O. The minimum atomic E-state index is -3.62. The molecule has 0 fully saturated rings. The van der Waals surface area contributed by atoms with Crippen LogP contribution in [0.2, 0.25) is 0 Å². The van der Waals surface area contributed by atoms with Crippen LogP contribution in [0.25, 0.3) is 11.8 Å². The minimum absolute atomic E-state index is 0.0720. The fraction of sp³-hybridized carbons (Fsp3) is 0.350. The van der Waals surface area contributed by atoms with Crippen LogP contribution in [0.15, 0.2) is 34.0 Å². The number of thiazole rings is 1. The van der Waals surface area contributed by atoms with Crippen molar-refractivity contribution in [1.82, 2.24) is 13.8 Å². The van der Waals surface area contributed by atoms with E-state index in [1.165, 1.54) is 34.3 Å². The Morgan fingerprint density at radius 3 is 2.38 bits per heavy atom. The molecule has 0 aliphatic heterocycles. The number of nitrogens with zero attached hydrogens (tertiary/aromatic N) is 4. The van der Waals surface area contributed by atoms with Gasteiger partial charge < -0.3 is 15.3 Å². The van der Waals surface area contributed by atoms with Crippen LogP contribution in [0, 0.1) is 11.3 Å². The number of aromatic nitrogens is 1. The van der Waals surface area contributed by atoms with E-state index in [-0.39, 0.29) is 20.6 Å². The van der Waals surface area contributed by atoms with Crippen molar-refractivity contribution in [2.24, 2.45) is 0 Å². The largest absolute Gasteiger partial charge is 0.477 e. The van der Waals surface area contributed by atoms with E-state index < -0.39 is 27.1 Å². The molecule has 10 nitrogen and oxygen atoms in total. The molecule has 1 aromatic heterocycles. The highest BCUT2D eigenvalue weighted by Crippen LogP contribution is 2.17. The van der Waals surface area contributed by atoms with E-state index in [9.17, 15) is 23.1 Å². The number of nitrogens with one attached hydrogen (secondary N) is 1. The highest BCUT2D eigenvalue weighted by Gasteiger charge is 2.20. The Balaban J connectivity index is 2.33. The van der Waals surface area contributed by atoms with Crippen LogP contribution in [0.5, 0.6) is 0 Å². The van der Waals surface area contributed by atoms with E-state index in [0.717, 1.165) is 11.3 Å². The summed E-state index contributed by atoms with van der Waals surface area (Å²) in [5, 5.41) is 21.2. The number of benzene rings is 1. The molecule has 172 valence electrons. The third-order valence-electron chi connectivity index (χ3n) is 4.56. The Bertz CT molecular complexity index is 1300. The van der Waals surface area contributed by atoms with Gasteiger partial charge in [0.25, 0.3) is 5.56 Å². The molecule has 0 saturated carbocycles. The predicted octanol–water partition coefficient (Wildman–Crippen LogP) is -0.279. The number of sulfonamides is 1. The number of likely N-dealkylation sites (N-methyl/N-ethyl adjacent to an activating group) is 2. The van der Waals surface area contributed by atoms with Gasteiger partial charge in [0.15, 0.2) is 5.57 Å². The summed E-state index contributed by atoms with van der Waals surface area (Å²) in [6.07, 6.45) is 1.41. The van der Waals surface area contributed by atoms with Crippen molar-refractivity contribution in [1.29, 1.82) is 5.26 Å². The van der Waals surface area contributed by atoms with Gasteiger partial charge in [-0.1, -0.05) is 0 Å². The van der Waals surface area contributed by atoms with E-state index in [2.05, 4.69) is 5.32 Å². The number of nitriles is 1. The van der Waals surface area contributed by atoms with E-state index in [1.54, 1.807) is 25.1 Å². The Labute approximate surface area is 190 Å². The molecule has 1 aromatic carbocycles. The fourth-order valence-corrected chi connectivity index (χ4v) is 4.94. The van der Waals surface area contributed by atoms with E-state index in [1.807, 2.05) is 19.0 Å². The third kappa shape index (κ3) is 5.63. The standard InChI is InChI=1S/C20H25N5O5S2/c1-5-25-18(26)17(31-19(25)16(12-21)20(27)28)13-22-14-6-8-15(9-7-14)32(29,30)24(4)11-10-23(2)3/h6-9,13,22H,5,10-11H2,1-4H3,(H,27,28). The van der Waals surface area contributed by atoms with Crippen molar-refractivity contribution in [3.8, 4) is 6.07 Å². The van der Waals surface area contributed by atoms with Gasteiger partial charge in [-0.2, -0.15) is 9.57 Å². The van der Waals surface area contributed by atoms with Crippen LogP contribution in [0.3, 0.4) is 0 Å². The number of rotatable bonds is 9. The fourth-order valence-electron chi connectivity index (χ4n) is 2.69. The molecule has 0 spiro atoms. The maximum atomic E-state index is 12.7. The van der Waals surface area contributed by atoms with Crippen molar-refractivity contribution in [3.05, 3.63) is 43.8 Å². The lowest BCUT2D eigenvalue weighted by molar-refractivity contribution is -0.130. The number of hydrogen-bond donors (Lipinski definition) is 2. The molecule has 1 heterocycles. The number of anilines is 1. The molecule has 0 aliphatic rings. The van der Waals surface area contributed by atoms with Crippen LogP contribution in [-0.2, 0) is 21.4 Å². The van der Waals surface area contributed by atoms with E-state index in [0.29, 0.717) is 18.8 Å².